The molecule has 0 amide bonds. The molecule has 0 radical (unpaired) electrons. The van der Waals surface area contributed by atoms with Gasteiger partial charge < -0.3 is 5.32 Å². The molecule has 1 heterocycles. The van der Waals surface area contributed by atoms with Crippen LogP contribution in [-0.2, 0) is 13.0 Å². The fourth-order valence-corrected chi connectivity index (χ4v) is 2.65. The number of hydrogen-bond donors (Lipinski definition) is 1. The highest BCUT2D eigenvalue weighted by Crippen LogP contribution is 2.22. The summed E-state index contributed by atoms with van der Waals surface area (Å²) in [4.78, 5) is 2.50. The molecule has 3 heteroatoms. The van der Waals surface area contributed by atoms with E-state index in [4.69, 9.17) is 11.6 Å². The van der Waals surface area contributed by atoms with Crippen molar-refractivity contribution in [3.05, 3.63) is 34.3 Å². The highest BCUT2D eigenvalue weighted by atomic mass is 35.5. The highest BCUT2D eigenvalue weighted by Gasteiger charge is 2.13. The van der Waals surface area contributed by atoms with E-state index in [9.17, 15) is 0 Å². The van der Waals surface area contributed by atoms with Crippen molar-refractivity contribution in [2.75, 3.05) is 26.2 Å². The lowest BCUT2D eigenvalue weighted by Gasteiger charge is -2.21. The van der Waals surface area contributed by atoms with Crippen LogP contribution in [0.3, 0.4) is 0 Å². The van der Waals surface area contributed by atoms with E-state index in [2.05, 4.69) is 29.3 Å². The minimum absolute atomic E-state index is 0.918. The van der Waals surface area contributed by atoms with Gasteiger partial charge in [-0.05, 0) is 43.1 Å². The van der Waals surface area contributed by atoms with Crippen LogP contribution in [0.1, 0.15) is 24.5 Å². The third-order valence-corrected chi connectivity index (χ3v) is 3.77. The largest absolute Gasteiger partial charge is 0.315 e. The molecule has 1 aromatic rings. The van der Waals surface area contributed by atoms with Crippen molar-refractivity contribution in [3.63, 3.8) is 0 Å². The summed E-state index contributed by atoms with van der Waals surface area (Å²) in [6.45, 7) is 7.70. The van der Waals surface area contributed by atoms with Gasteiger partial charge in [-0.15, -0.1) is 0 Å². The summed E-state index contributed by atoms with van der Waals surface area (Å²) >= 11 is 6.33. The van der Waals surface area contributed by atoms with Crippen LogP contribution in [0.25, 0.3) is 0 Å². The van der Waals surface area contributed by atoms with Gasteiger partial charge in [-0.3, -0.25) is 4.90 Å². The van der Waals surface area contributed by atoms with Gasteiger partial charge in [0.05, 0.1) is 0 Å². The Labute approximate surface area is 109 Å². The fourth-order valence-electron chi connectivity index (χ4n) is 2.39. The standard InChI is InChI=1S/C14H21ClN2/c1-2-12-5-3-6-14(15)13(12)11-17-9-4-7-16-8-10-17/h3,5-6,16H,2,4,7-11H2,1H3. The van der Waals surface area contributed by atoms with Gasteiger partial charge in [0.2, 0.25) is 0 Å². The normalized spacial score (nSPS) is 18.0. The smallest absolute Gasteiger partial charge is 0.0453 e. The number of nitrogens with zero attached hydrogens (tertiary/aromatic N) is 1. The van der Waals surface area contributed by atoms with Crippen LogP contribution >= 0.6 is 11.6 Å². The third-order valence-electron chi connectivity index (χ3n) is 3.41. The Bertz CT molecular complexity index is 357. The number of rotatable bonds is 3. The first-order valence-electron chi connectivity index (χ1n) is 6.50. The number of aryl methyl sites for hydroxylation is 1. The van der Waals surface area contributed by atoms with Crippen LogP contribution in [0, 0.1) is 0 Å². The summed E-state index contributed by atoms with van der Waals surface area (Å²) in [6.07, 6.45) is 2.29. The monoisotopic (exact) mass is 252 g/mol. The summed E-state index contributed by atoms with van der Waals surface area (Å²) in [5.41, 5.74) is 2.70. The van der Waals surface area contributed by atoms with Crippen LogP contribution < -0.4 is 5.32 Å². The SMILES string of the molecule is CCc1cccc(Cl)c1CN1CCCNCC1. The second-order valence-corrected chi connectivity index (χ2v) is 5.02. The Balaban J connectivity index is 2.11. The van der Waals surface area contributed by atoms with Gasteiger partial charge in [0, 0.05) is 24.7 Å². The van der Waals surface area contributed by atoms with E-state index in [1.165, 1.54) is 24.1 Å². The Hall–Kier alpha value is -0.570. The Morgan fingerprint density at radius 1 is 1.29 bits per heavy atom. The van der Waals surface area contributed by atoms with Crippen LogP contribution in [0.4, 0.5) is 0 Å². The lowest BCUT2D eigenvalue weighted by Crippen LogP contribution is -2.28. The van der Waals surface area contributed by atoms with Crippen molar-refractivity contribution >= 4 is 11.6 Å². The van der Waals surface area contributed by atoms with Crippen molar-refractivity contribution in [1.29, 1.82) is 0 Å². The van der Waals surface area contributed by atoms with Crippen molar-refractivity contribution in [2.45, 2.75) is 26.3 Å². The van der Waals surface area contributed by atoms with Crippen molar-refractivity contribution < 1.29 is 0 Å². The molecule has 17 heavy (non-hydrogen) atoms. The second-order valence-electron chi connectivity index (χ2n) is 4.61. The van der Waals surface area contributed by atoms with Gasteiger partial charge in [-0.25, -0.2) is 0 Å². The molecular formula is C14H21ClN2. The second kappa shape index (κ2) is 6.39. The maximum atomic E-state index is 6.33. The number of hydrogen-bond acceptors (Lipinski definition) is 2. The lowest BCUT2D eigenvalue weighted by molar-refractivity contribution is 0.283. The predicted molar refractivity (Wildman–Crippen MR) is 73.6 cm³/mol. The molecule has 0 saturated carbocycles. The highest BCUT2D eigenvalue weighted by molar-refractivity contribution is 6.31. The molecule has 1 aromatic carbocycles. The zero-order chi connectivity index (χ0) is 12.1. The molecule has 1 fully saturated rings. The maximum absolute atomic E-state index is 6.33. The molecule has 1 aliphatic rings. The molecule has 0 unspecified atom stereocenters. The molecule has 0 bridgehead atoms. The van der Waals surface area contributed by atoms with E-state index in [1.807, 2.05) is 6.07 Å². The van der Waals surface area contributed by atoms with Gasteiger partial charge in [-0.1, -0.05) is 30.7 Å². The van der Waals surface area contributed by atoms with E-state index >= 15 is 0 Å². The van der Waals surface area contributed by atoms with Crippen molar-refractivity contribution in [3.8, 4) is 0 Å². The molecule has 0 aromatic heterocycles. The van der Waals surface area contributed by atoms with Crippen LogP contribution in [0.15, 0.2) is 18.2 Å². The zero-order valence-electron chi connectivity index (χ0n) is 10.5. The van der Waals surface area contributed by atoms with Gasteiger partial charge >= 0.3 is 0 Å². The van der Waals surface area contributed by atoms with Crippen molar-refractivity contribution in [1.82, 2.24) is 10.2 Å². The topological polar surface area (TPSA) is 15.3 Å². The summed E-state index contributed by atoms with van der Waals surface area (Å²) < 4.78 is 0. The molecule has 1 N–H and O–H groups in total. The molecule has 2 rings (SSSR count). The Morgan fingerprint density at radius 2 is 2.18 bits per heavy atom. The Morgan fingerprint density at radius 3 is 3.00 bits per heavy atom. The molecule has 2 nitrogen and oxygen atoms in total. The Kier molecular flexibility index (Phi) is 4.84. The average molecular weight is 253 g/mol. The predicted octanol–water partition coefficient (Wildman–Crippen LogP) is 2.70. The number of benzene rings is 1. The molecule has 0 aliphatic carbocycles. The van der Waals surface area contributed by atoms with Gasteiger partial charge in [0.15, 0.2) is 0 Å². The average Bonchev–Trinajstić information content (AvgIpc) is 2.60. The fraction of sp³-hybridized carbons (Fsp3) is 0.571. The molecule has 1 aliphatic heterocycles. The van der Waals surface area contributed by atoms with Crippen LogP contribution in [0.2, 0.25) is 5.02 Å². The van der Waals surface area contributed by atoms with E-state index in [0.29, 0.717) is 0 Å². The number of nitrogens with one attached hydrogen (secondary N) is 1. The molecular weight excluding hydrogens is 232 g/mol. The minimum atomic E-state index is 0.918. The van der Waals surface area contributed by atoms with Crippen molar-refractivity contribution in [2.24, 2.45) is 0 Å². The van der Waals surface area contributed by atoms with Gasteiger partial charge in [0.25, 0.3) is 0 Å². The third kappa shape index (κ3) is 3.44. The van der Waals surface area contributed by atoms with E-state index in [1.54, 1.807) is 0 Å². The van der Waals surface area contributed by atoms with Crippen LogP contribution in [-0.4, -0.2) is 31.1 Å². The van der Waals surface area contributed by atoms with E-state index < -0.39 is 0 Å². The van der Waals surface area contributed by atoms with Gasteiger partial charge in [0.1, 0.15) is 0 Å². The summed E-state index contributed by atoms with van der Waals surface area (Å²) in [6, 6.07) is 6.25. The van der Waals surface area contributed by atoms with Crippen LogP contribution in [0.5, 0.6) is 0 Å². The molecule has 94 valence electrons. The van der Waals surface area contributed by atoms with E-state index in [-0.39, 0.29) is 0 Å². The summed E-state index contributed by atoms with van der Waals surface area (Å²) in [5, 5.41) is 4.35. The minimum Gasteiger partial charge on any atom is -0.315 e. The summed E-state index contributed by atoms with van der Waals surface area (Å²) in [5.74, 6) is 0. The quantitative estimate of drug-likeness (QED) is 0.890. The molecule has 1 saturated heterocycles. The summed E-state index contributed by atoms with van der Waals surface area (Å²) in [7, 11) is 0. The van der Waals surface area contributed by atoms with Gasteiger partial charge in [-0.2, -0.15) is 0 Å². The lowest BCUT2D eigenvalue weighted by atomic mass is 10.0. The molecule has 0 spiro atoms. The van der Waals surface area contributed by atoms with E-state index in [0.717, 1.165) is 37.6 Å². The first-order valence-corrected chi connectivity index (χ1v) is 6.88. The first-order chi connectivity index (χ1) is 8.31. The number of halogens is 1. The maximum Gasteiger partial charge on any atom is 0.0453 e. The molecule has 0 atom stereocenters. The first kappa shape index (κ1) is 12.9. The zero-order valence-corrected chi connectivity index (χ0v) is 11.3.